The highest BCUT2D eigenvalue weighted by atomic mass is 32.2. The molecule has 0 aliphatic rings. The zero-order valence-corrected chi connectivity index (χ0v) is 15.7. The topological polar surface area (TPSA) is 116 Å². The average Bonchev–Trinajstić information content (AvgIpc) is 3.09. The van der Waals surface area contributed by atoms with E-state index < -0.39 is 22.3 Å². The first-order valence-electron chi connectivity index (χ1n) is 8.08. The van der Waals surface area contributed by atoms with E-state index >= 15 is 0 Å². The Bertz CT molecular complexity index is 1030. The van der Waals surface area contributed by atoms with Crippen molar-refractivity contribution in [1.29, 1.82) is 0 Å². The SMILES string of the molecule is Cc1cccc(C)c1-n1nnnc1SCC(=O)Nc1ccc(F)c([N+](=O)[O-])c1. The quantitative estimate of drug-likeness (QED) is 0.383. The van der Waals surface area contributed by atoms with Crippen molar-refractivity contribution in [2.75, 3.05) is 11.1 Å². The summed E-state index contributed by atoms with van der Waals surface area (Å²) in [5.41, 5.74) is 2.23. The molecule has 2 aromatic carbocycles. The predicted molar refractivity (Wildman–Crippen MR) is 101 cm³/mol. The molecular formula is C17H15FN6O3S. The minimum Gasteiger partial charge on any atom is -0.325 e. The third kappa shape index (κ3) is 4.14. The van der Waals surface area contributed by atoms with Crippen LogP contribution in [0.5, 0.6) is 0 Å². The Morgan fingerprint density at radius 1 is 1.29 bits per heavy atom. The summed E-state index contributed by atoms with van der Waals surface area (Å²) >= 11 is 1.11. The van der Waals surface area contributed by atoms with Crippen molar-refractivity contribution in [1.82, 2.24) is 20.2 Å². The van der Waals surface area contributed by atoms with E-state index in [9.17, 15) is 19.3 Å². The number of nitrogens with one attached hydrogen (secondary N) is 1. The van der Waals surface area contributed by atoms with Crippen molar-refractivity contribution in [3.63, 3.8) is 0 Å². The average molecular weight is 402 g/mol. The van der Waals surface area contributed by atoms with Gasteiger partial charge in [0.2, 0.25) is 16.9 Å². The van der Waals surface area contributed by atoms with Crippen LogP contribution < -0.4 is 5.32 Å². The summed E-state index contributed by atoms with van der Waals surface area (Å²) in [6, 6.07) is 8.96. The van der Waals surface area contributed by atoms with Gasteiger partial charge in [0.05, 0.1) is 16.4 Å². The van der Waals surface area contributed by atoms with Crippen LogP contribution in [0.1, 0.15) is 11.1 Å². The molecule has 0 saturated heterocycles. The van der Waals surface area contributed by atoms with Gasteiger partial charge in [-0.05, 0) is 47.5 Å². The highest BCUT2D eigenvalue weighted by molar-refractivity contribution is 7.99. The Morgan fingerprint density at radius 2 is 2.00 bits per heavy atom. The minimum absolute atomic E-state index is 0.0313. The normalized spacial score (nSPS) is 10.7. The molecule has 144 valence electrons. The number of rotatable bonds is 6. The van der Waals surface area contributed by atoms with E-state index in [1.54, 1.807) is 4.68 Å². The zero-order chi connectivity index (χ0) is 20.3. The zero-order valence-electron chi connectivity index (χ0n) is 14.9. The third-order valence-corrected chi connectivity index (χ3v) is 4.77. The molecule has 0 saturated carbocycles. The molecule has 1 heterocycles. The third-order valence-electron chi connectivity index (χ3n) is 3.85. The standard InChI is InChI=1S/C17H15FN6O3S/c1-10-4-3-5-11(2)16(10)23-17(20-21-22-23)28-9-15(25)19-12-6-7-13(18)14(8-12)24(26)27/h3-8H,9H2,1-2H3,(H,19,25). The summed E-state index contributed by atoms with van der Waals surface area (Å²) in [5.74, 6) is -1.43. The maximum absolute atomic E-state index is 13.4. The van der Waals surface area contributed by atoms with Gasteiger partial charge in [-0.2, -0.15) is 9.07 Å². The lowest BCUT2D eigenvalue weighted by Gasteiger charge is -2.10. The Morgan fingerprint density at radius 3 is 2.68 bits per heavy atom. The van der Waals surface area contributed by atoms with Gasteiger partial charge in [-0.25, -0.2) is 0 Å². The number of nitro benzene ring substituents is 1. The number of anilines is 1. The van der Waals surface area contributed by atoms with Crippen LogP contribution in [0.25, 0.3) is 5.69 Å². The van der Waals surface area contributed by atoms with Gasteiger partial charge in [0.25, 0.3) is 0 Å². The fourth-order valence-electron chi connectivity index (χ4n) is 2.61. The number of carbonyl (C=O) groups excluding carboxylic acids is 1. The molecule has 3 rings (SSSR count). The summed E-state index contributed by atoms with van der Waals surface area (Å²) in [5, 5.41) is 25.3. The van der Waals surface area contributed by atoms with Gasteiger partial charge < -0.3 is 5.32 Å². The monoisotopic (exact) mass is 402 g/mol. The molecule has 9 nitrogen and oxygen atoms in total. The lowest BCUT2D eigenvalue weighted by molar-refractivity contribution is -0.387. The first kappa shape index (κ1) is 19.4. The lowest BCUT2D eigenvalue weighted by Crippen LogP contribution is -2.15. The van der Waals surface area contributed by atoms with Crippen molar-refractivity contribution in [2.45, 2.75) is 19.0 Å². The van der Waals surface area contributed by atoms with E-state index in [1.165, 1.54) is 6.07 Å². The van der Waals surface area contributed by atoms with Crippen LogP contribution in [0.15, 0.2) is 41.6 Å². The summed E-state index contributed by atoms with van der Waals surface area (Å²) in [6.07, 6.45) is 0. The minimum atomic E-state index is -0.967. The molecule has 1 aromatic heterocycles. The van der Waals surface area contributed by atoms with Gasteiger partial charge in [0, 0.05) is 11.8 Å². The van der Waals surface area contributed by atoms with Crippen LogP contribution in [0.4, 0.5) is 15.8 Å². The molecule has 1 amide bonds. The van der Waals surface area contributed by atoms with Crippen LogP contribution in [0.2, 0.25) is 0 Å². The van der Waals surface area contributed by atoms with Crippen LogP contribution >= 0.6 is 11.8 Å². The van der Waals surface area contributed by atoms with Gasteiger partial charge in [-0.15, -0.1) is 5.10 Å². The number of aryl methyl sites for hydroxylation is 2. The second-order valence-electron chi connectivity index (χ2n) is 5.87. The van der Waals surface area contributed by atoms with Crippen LogP contribution in [0, 0.1) is 29.8 Å². The van der Waals surface area contributed by atoms with Crippen LogP contribution in [-0.4, -0.2) is 36.8 Å². The van der Waals surface area contributed by atoms with Crippen LogP contribution in [-0.2, 0) is 4.79 Å². The van der Waals surface area contributed by atoms with Crippen molar-refractivity contribution in [2.24, 2.45) is 0 Å². The fraction of sp³-hybridized carbons (Fsp3) is 0.176. The smallest absolute Gasteiger partial charge is 0.306 e. The Hall–Kier alpha value is -3.34. The molecule has 1 N–H and O–H groups in total. The second kappa shape index (κ2) is 8.13. The van der Waals surface area contributed by atoms with E-state index in [1.807, 2.05) is 32.0 Å². The number of thioether (sulfide) groups is 1. The highest BCUT2D eigenvalue weighted by Gasteiger charge is 2.17. The summed E-state index contributed by atoms with van der Waals surface area (Å²) in [4.78, 5) is 22.1. The molecule has 0 spiro atoms. The fourth-order valence-corrected chi connectivity index (χ4v) is 3.28. The Labute approximate surface area is 163 Å². The number of hydrogen-bond donors (Lipinski definition) is 1. The maximum atomic E-state index is 13.4. The first-order valence-corrected chi connectivity index (χ1v) is 9.07. The van der Waals surface area contributed by atoms with Gasteiger partial charge in [0.15, 0.2) is 0 Å². The molecular weight excluding hydrogens is 387 g/mol. The van der Waals surface area contributed by atoms with E-state index in [4.69, 9.17) is 0 Å². The van der Waals surface area contributed by atoms with Gasteiger partial charge in [-0.3, -0.25) is 14.9 Å². The molecule has 0 unspecified atom stereocenters. The molecule has 3 aromatic rings. The molecule has 28 heavy (non-hydrogen) atoms. The first-order chi connectivity index (χ1) is 13.4. The number of amides is 1. The summed E-state index contributed by atoms with van der Waals surface area (Å²) < 4.78 is 14.9. The summed E-state index contributed by atoms with van der Waals surface area (Å²) in [6.45, 7) is 3.87. The van der Waals surface area contributed by atoms with E-state index in [2.05, 4.69) is 20.8 Å². The van der Waals surface area contributed by atoms with Crippen molar-refractivity contribution < 1.29 is 14.1 Å². The van der Waals surface area contributed by atoms with Gasteiger partial charge in [0.1, 0.15) is 0 Å². The molecule has 11 heteroatoms. The van der Waals surface area contributed by atoms with E-state index in [0.717, 1.165) is 40.7 Å². The molecule has 0 bridgehead atoms. The lowest BCUT2D eigenvalue weighted by atomic mass is 10.1. The predicted octanol–water partition coefficient (Wildman–Crippen LogP) is 3.06. The molecule has 0 fully saturated rings. The van der Waals surface area contributed by atoms with Gasteiger partial charge in [-0.1, -0.05) is 30.0 Å². The Balaban J connectivity index is 1.71. The Kier molecular flexibility index (Phi) is 5.64. The number of aromatic nitrogens is 4. The largest absolute Gasteiger partial charge is 0.325 e. The molecule has 0 atom stereocenters. The van der Waals surface area contributed by atoms with Crippen molar-refractivity contribution >= 4 is 29.0 Å². The number of benzene rings is 2. The van der Waals surface area contributed by atoms with E-state index in [0.29, 0.717) is 5.16 Å². The number of halogens is 1. The van der Waals surface area contributed by atoms with Gasteiger partial charge >= 0.3 is 5.69 Å². The summed E-state index contributed by atoms with van der Waals surface area (Å²) in [7, 11) is 0. The van der Waals surface area contributed by atoms with E-state index in [-0.39, 0.29) is 11.4 Å². The molecule has 0 aliphatic carbocycles. The number of nitrogens with zero attached hydrogens (tertiary/aromatic N) is 5. The molecule has 0 radical (unpaired) electrons. The second-order valence-corrected chi connectivity index (χ2v) is 6.82. The van der Waals surface area contributed by atoms with Crippen molar-refractivity contribution in [3.8, 4) is 5.69 Å². The molecule has 0 aliphatic heterocycles. The van der Waals surface area contributed by atoms with Crippen molar-refractivity contribution in [3.05, 3.63) is 63.5 Å². The maximum Gasteiger partial charge on any atom is 0.306 e. The highest BCUT2D eigenvalue weighted by Crippen LogP contribution is 2.24. The number of nitro groups is 1. The number of carbonyl (C=O) groups is 1. The number of hydrogen-bond acceptors (Lipinski definition) is 7. The number of para-hydroxylation sites is 1. The number of tetrazole rings is 1. The van der Waals surface area contributed by atoms with Crippen LogP contribution in [0.3, 0.4) is 0 Å².